The molecular formula is C17H23Cl2N3O7. The average Bonchev–Trinajstić information content (AvgIpc) is 2.62. The van der Waals surface area contributed by atoms with Crippen LogP contribution in [-0.2, 0) is 14.4 Å². The van der Waals surface area contributed by atoms with E-state index >= 15 is 0 Å². The van der Waals surface area contributed by atoms with Crippen LogP contribution < -0.4 is 5.32 Å². The van der Waals surface area contributed by atoms with Gasteiger partial charge in [0.25, 0.3) is 5.91 Å². The fraction of sp³-hybridized carbons (Fsp3) is 0.412. The van der Waals surface area contributed by atoms with Crippen LogP contribution in [0, 0.1) is 0 Å². The van der Waals surface area contributed by atoms with Crippen molar-refractivity contribution >= 4 is 41.2 Å². The van der Waals surface area contributed by atoms with Gasteiger partial charge in [0.1, 0.15) is 11.8 Å². The predicted octanol–water partition coefficient (Wildman–Crippen LogP) is 1.72. The molecule has 1 rings (SSSR count). The minimum Gasteiger partial charge on any atom is -0.478 e. The maximum absolute atomic E-state index is 11.9. The van der Waals surface area contributed by atoms with E-state index in [0.29, 0.717) is 23.3 Å². The summed E-state index contributed by atoms with van der Waals surface area (Å²) in [6.45, 7) is 6.11. The van der Waals surface area contributed by atoms with Crippen molar-refractivity contribution in [3.05, 3.63) is 41.2 Å². The summed E-state index contributed by atoms with van der Waals surface area (Å²) < 4.78 is 0.517. The highest BCUT2D eigenvalue weighted by Gasteiger charge is 2.20. The molecule has 10 nitrogen and oxygen atoms in total. The van der Waals surface area contributed by atoms with Gasteiger partial charge in [-0.25, -0.2) is 14.6 Å². The molecule has 0 aliphatic heterocycles. The lowest BCUT2D eigenvalue weighted by Crippen LogP contribution is -2.42. The number of halogens is 2. The highest BCUT2D eigenvalue weighted by Crippen LogP contribution is 2.15. The number of amides is 1. The number of rotatable bonds is 8. The van der Waals surface area contributed by atoms with E-state index < -0.39 is 23.9 Å². The number of aliphatic hydroxyl groups is 1. The van der Waals surface area contributed by atoms with E-state index in [0.717, 1.165) is 0 Å². The van der Waals surface area contributed by atoms with Crippen LogP contribution >= 0.6 is 23.4 Å². The molecule has 0 saturated carbocycles. The van der Waals surface area contributed by atoms with Gasteiger partial charge in [0.05, 0.1) is 11.7 Å². The molecule has 29 heavy (non-hydrogen) atoms. The summed E-state index contributed by atoms with van der Waals surface area (Å²) in [6.07, 6.45) is 1.77. The van der Waals surface area contributed by atoms with Gasteiger partial charge in [-0.15, -0.1) is 4.58 Å². The topological polar surface area (TPSA) is 149 Å². The minimum atomic E-state index is -1.26. The number of hydrogen-bond donors (Lipinski definition) is 4. The zero-order valence-corrected chi connectivity index (χ0v) is 17.5. The van der Waals surface area contributed by atoms with E-state index in [1.54, 1.807) is 6.07 Å². The van der Waals surface area contributed by atoms with Gasteiger partial charge in [0.2, 0.25) is 0 Å². The molecule has 1 aromatic rings. The third kappa shape index (κ3) is 13.6. The lowest BCUT2D eigenvalue weighted by Gasteiger charge is -2.23. The number of nitrogens with one attached hydrogen (secondary N) is 1. The molecule has 162 valence electrons. The Bertz CT molecular complexity index is 707. The van der Waals surface area contributed by atoms with Gasteiger partial charge in [-0.2, -0.15) is 0 Å². The number of aromatic nitrogens is 1. The summed E-state index contributed by atoms with van der Waals surface area (Å²) >= 11 is 11.5. The highest BCUT2D eigenvalue weighted by atomic mass is 35.5. The van der Waals surface area contributed by atoms with E-state index in [9.17, 15) is 19.5 Å². The molecule has 12 heteroatoms. The lowest BCUT2D eigenvalue weighted by atomic mass is 10.1. The Labute approximate surface area is 177 Å². The summed E-state index contributed by atoms with van der Waals surface area (Å²) in [6, 6.07) is 3.04. The van der Waals surface area contributed by atoms with Gasteiger partial charge in [-0.1, -0.05) is 11.6 Å². The smallest absolute Gasteiger partial charge is 0.328 e. The zero-order chi connectivity index (χ0) is 22.6. The van der Waals surface area contributed by atoms with Crippen molar-refractivity contribution in [2.75, 3.05) is 13.2 Å². The number of carbonyl (C=O) groups excluding carboxylic acids is 1. The molecule has 0 aliphatic carbocycles. The summed E-state index contributed by atoms with van der Waals surface area (Å²) in [5.41, 5.74) is -0.00259. The molecule has 0 radical (unpaired) electrons. The molecule has 1 aromatic heterocycles. The van der Waals surface area contributed by atoms with Gasteiger partial charge < -0.3 is 20.6 Å². The summed E-state index contributed by atoms with van der Waals surface area (Å²) in [7, 11) is 0. The number of carboxylic acid groups (broad SMARTS) is 2. The van der Waals surface area contributed by atoms with Gasteiger partial charge in [0, 0.05) is 42.2 Å². The fourth-order valence-corrected chi connectivity index (χ4v) is 1.82. The fourth-order valence-electron chi connectivity index (χ4n) is 1.48. The van der Waals surface area contributed by atoms with E-state index in [1.807, 2.05) is 20.8 Å². The predicted molar refractivity (Wildman–Crippen MR) is 105 cm³/mol. The van der Waals surface area contributed by atoms with Crippen molar-refractivity contribution < 1.29 is 34.5 Å². The number of hydrogen-bond acceptors (Lipinski definition) is 7. The quantitative estimate of drug-likeness (QED) is 0.200. The number of hydroxylamine groups is 1. The number of β-amino-alcohol motifs (C(OH)–C–C–N with tert-alkyl or cyclic N) is 1. The second-order valence-corrected chi connectivity index (χ2v) is 7.15. The first kappa shape index (κ1) is 26.8. The number of aliphatic carboxylic acids is 2. The summed E-state index contributed by atoms with van der Waals surface area (Å²) in [5, 5.41) is 28.5. The van der Waals surface area contributed by atoms with Crippen molar-refractivity contribution in [1.29, 1.82) is 0 Å². The van der Waals surface area contributed by atoms with Gasteiger partial charge in [0.15, 0.2) is 0 Å². The first-order chi connectivity index (χ1) is 13.3. The number of pyridine rings is 1. The van der Waals surface area contributed by atoms with Crippen LogP contribution in [0.4, 0.5) is 0 Å². The Morgan fingerprint density at radius 1 is 1.28 bits per heavy atom. The molecule has 0 fully saturated rings. The molecular weight excluding hydrogens is 429 g/mol. The lowest BCUT2D eigenvalue weighted by molar-refractivity contribution is -0.134. The monoisotopic (exact) mass is 451 g/mol. The molecule has 0 saturated heterocycles. The van der Waals surface area contributed by atoms with Crippen molar-refractivity contribution in [2.45, 2.75) is 32.4 Å². The van der Waals surface area contributed by atoms with Crippen molar-refractivity contribution in [1.82, 2.24) is 14.9 Å². The number of carboxylic acids is 2. The van der Waals surface area contributed by atoms with Crippen molar-refractivity contribution in [3.8, 4) is 0 Å². The first-order valence-electron chi connectivity index (χ1n) is 8.14. The van der Waals surface area contributed by atoms with Crippen LogP contribution in [0.2, 0.25) is 5.15 Å². The molecule has 1 heterocycles. The molecule has 0 aliphatic rings. The SMILES string of the molecule is CC(C)(C)NCC(O)CON(Cl)C(=O)c1cccnc1Cl.O=C(O)/C=C\C(=O)O. The van der Waals surface area contributed by atoms with Gasteiger partial charge in [-0.05, 0) is 32.9 Å². The molecule has 1 atom stereocenters. The van der Waals surface area contributed by atoms with Crippen LogP contribution in [0.25, 0.3) is 0 Å². The van der Waals surface area contributed by atoms with E-state index in [4.69, 9.17) is 38.4 Å². The van der Waals surface area contributed by atoms with E-state index in [2.05, 4.69) is 10.3 Å². The first-order valence-corrected chi connectivity index (χ1v) is 8.85. The standard InChI is InChI=1S/C13H19Cl2N3O3.C4H4O4/c1-13(2,3)17-7-9(19)8-21-18(15)12(20)10-5-4-6-16-11(10)14;5-3(6)1-2-4(7)8/h4-6,9,17,19H,7-8H2,1-3H3;1-2H,(H,5,6)(H,7,8)/b;2-1-. The Balaban J connectivity index is 0.000000828. The average molecular weight is 452 g/mol. The third-order valence-corrected chi connectivity index (χ3v) is 3.32. The number of aliphatic hydroxyl groups excluding tert-OH is 1. The maximum Gasteiger partial charge on any atom is 0.328 e. The van der Waals surface area contributed by atoms with Crippen molar-refractivity contribution in [2.24, 2.45) is 0 Å². The normalized spacial score (nSPS) is 12.1. The van der Waals surface area contributed by atoms with Crippen LogP contribution in [0.5, 0.6) is 0 Å². The van der Waals surface area contributed by atoms with Crippen molar-refractivity contribution in [3.63, 3.8) is 0 Å². The largest absolute Gasteiger partial charge is 0.478 e. The van der Waals surface area contributed by atoms with E-state index in [1.165, 1.54) is 12.3 Å². The number of carbonyl (C=O) groups is 3. The van der Waals surface area contributed by atoms with Crippen LogP contribution in [0.1, 0.15) is 31.1 Å². The van der Waals surface area contributed by atoms with Crippen LogP contribution in [0.15, 0.2) is 30.5 Å². The molecule has 1 amide bonds. The Morgan fingerprint density at radius 2 is 1.83 bits per heavy atom. The van der Waals surface area contributed by atoms with Crippen LogP contribution in [-0.4, -0.2) is 67.5 Å². The van der Waals surface area contributed by atoms with Gasteiger partial charge >= 0.3 is 11.9 Å². The zero-order valence-electron chi connectivity index (χ0n) is 16.0. The molecule has 0 aromatic carbocycles. The Hall–Kier alpha value is -2.24. The second kappa shape index (κ2) is 13.1. The Morgan fingerprint density at radius 3 is 2.28 bits per heavy atom. The third-order valence-electron chi connectivity index (χ3n) is 2.77. The highest BCUT2D eigenvalue weighted by molar-refractivity contribution is 6.34. The Kier molecular flexibility index (Phi) is 12.1. The molecule has 1 unspecified atom stereocenters. The maximum atomic E-state index is 11.9. The summed E-state index contributed by atoms with van der Waals surface area (Å²) in [5.74, 6) is -3.16. The van der Waals surface area contributed by atoms with E-state index in [-0.39, 0.29) is 22.9 Å². The van der Waals surface area contributed by atoms with Gasteiger partial charge in [-0.3, -0.25) is 9.63 Å². The molecule has 0 bridgehead atoms. The molecule has 4 N–H and O–H groups in total. The van der Waals surface area contributed by atoms with Crippen LogP contribution in [0.3, 0.4) is 0 Å². The second-order valence-electron chi connectivity index (χ2n) is 6.48. The minimum absolute atomic E-state index is 0.0340. The summed E-state index contributed by atoms with van der Waals surface area (Å²) in [4.78, 5) is 39.8. The molecule has 0 spiro atoms. The number of nitrogens with zero attached hydrogens (tertiary/aromatic N) is 2.